The summed E-state index contributed by atoms with van der Waals surface area (Å²) in [7, 11) is 0. The first-order chi connectivity index (χ1) is 10.7. The lowest BCUT2D eigenvalue weighted by Crippen LogP contribution is -2.37. The molecule has 1 aromatic carbocycles. The van der Waals surface area contributed by atoms with E-state index in [1.165, 1.54) is 32.1 Å². The molecule has 0 saturated heterocycles. The highest BCUT2D eigenvalue weighted by Gasteiger charge is 2.13. The van der Waals surface area contributed by atoms with Gasteiger partial charge in [0, 0.05) is 11.7 Å². The molecule has 122 valence electrons. The first kappa shape index (κ1) is 16.8. The second kappa shape index (κ2) is 8.79. The first-order valence-corrected chi connectivity index (χ1v) is 8.47. The molecule has 1 saturated carbocycles. The van der Waals surface area contributed by atoms with Crippen molar-refractivity contribution in [3.63, 3.8) is 0 Å². The van der Waals surface area contributed by atoms with E-state index in [0.29, 0.717) is 12.6 Å². The minimum Gasteiger partial charge on any atom is -0.491 e. The Morgan fingerprint density at radius 2 is 1.91 bits per heavy atom. The Balaban J connectivity index is 1.73. The second-order valence-corrected chi connectivity index (χ2v) is 6.13. The lowest BCUT2D eigenvalue weighted by Gasteiger charge is -2.22. The van der Waals surface area contributed by atoms with Crippen molar-refractivity contribution >= 4 is 11.6 Å². The van der Waals surface area contributed by atoms with E-state index < -0.39 is 0 Å². The van der Waals surface area contributed by atoms with Crippen molar-refractivity contribution in [3.05, 3.63) is 24.3 Å². The van der Waals surface area contributed by atoms with Gasteiger partial charge in [0.05, 0.1) is 12.6 Å². The molecule has 0 radical (unpaired) electrons. The van der Waals surface area contributed by atoms with Crippen LogP contribution in [0.5, 0.6) is 5.75 Å². The molecule has 1 aromatic rings. The van der Waals surface area contributed by atoms with Gasteiger partial charge < -0.3 is 15.4 Å². The molecule has 0 aromatic heterocycles. The molecule has 1 aliphatic carbocycles. The van der Waals surface area contributed by atoms with Crippen LogP contribution in [0.25, 0.3) is 0 Å². The summed E-state index contributed by atoms with van der Waals surface area (Å²) in [6, 6.07) is 8.07. The van der Waals surface area contributed by atoms with Gasteiger partial charge in [-0.05, 0) is 50.5 Å². The zero-order chi connectivity index (χ0) is 15.8. The molecular formula is C18H28N2O2. The minimum absolute atomic E-state index is 0.0150. The minimum atomic E-state index is 0.0150. The third-order valence-electron chi connectivity index (χ3n) is 4.21. The van der Waals surface area contributed by atoms with Gasteiger partial charge in [0.1, 0.15) is 5.75 Å². The molecule has 0 aliphatic heterocycles. The van der Waals surface area contributed by atoms with Gasteiger partial charge in [-0.3, -0.25) is 4.79 Å². The van der Waals surface area contributed by atoms with E-state index in [1.807, 2.05) is 31.2 Å². The number of benzene rings is 1. The molecule has 1 unspecified atom stereocenters. The molecular weight excluding hydrogens is 276 g/mol. The zero-order valence-corrected chi connectivity index (χ0v) is 13.7. The summed E-state index contributed by atoms with van der Waals surface area (Å²) in [6.45, 7) is 4.53. The third kappa shape index (κ3) is 5.68. The maximum atomic E-state index is 12.0. The van der Waals surface area contributed by atoms with Crippen LogP contribution in [0.1, 0.15) is 52.4 Å². The summed E-state index contributed by atoms with van der Waals surface area (Å²) < 4.78 is 5.73. The fourth-order valence-electron chi connectivity index (χ4n) is 2.68. The normalized spacial score (nSPS) is 17.0. The Hall–Kier alpha value is -1.55. The standard InChI is InChI=1S/C18H28N2O2/c1-3-14(2)22-17-11-9-16(10-12-17)20-18(21)13-19-15-7-5-4-6-8-15/h9-12,14-15,19H,3-8,13H2,1-2H3,(H,20,21). The van der Waals surface area contributed by atoms with Crippen molar-refractivity contribution in [2.75, 3.05) is 11.9 Å². The van der Waals surface area contributed by atoms with Gasteiger partial charge in [0.25, 0.3) is 0 Å². The molecule has 1 aliphatic rings. The van der Waals surface area contributed by atoms with Crippen molar-refractivity contribution in [3.8, 4) is 5.75 Å². The smallest absolute Gasteiger partial charge is 0.238 e. The van der Waals surface area contributed by atoms with Crippen LogP contribution in [0.3, 0.4) is 0 Å². The molecule has 0 heterocycles. The lowest BCUT2D eigenvalue weighted by molar-refractivity contribution is -0.115. The number of nitrogens with one attached hydrogen (secondary N) is 2. The Bertz CT molecular complexity index is 453. The molecule has 4 nitrogen and oxygen atoms in total. The third-order valence-corrected chi connectivity index (χ3v) is 4.21. The predicted molar refractivity (Wildman–Crippen MR) is 90.3 cm³/mol. The van der Waals surface area contributed by atoms with Gasteiger partial charge in [0.2, 0.25) is 5.91 Å². The van der Waals surface area contributed by atoms with E-state index >= 15 is 0 Å². The first-order valence-electron chi connectivity index (χ1n) is 8.47. The van der Waals surface area contributed by atoms with Crippen LogP contribution in [0.2, 0.25) is 0 Å². The number of rotatable bonds is 7. The maximum absolute atomic E-state index is 12.0. The Labute approximate surface area is 133 Å². The Kier molecular flexibility index (Phi) is 6.72. The van der Waals surface area contributed by atoms with Crippen molar-refractivity contribution in [1.82, 2.24) is 5.32 Å². The van der Waals surface area contributed by atoms with E-state index in [1.54, 1.807) is 0 Å². The number of hydrogen-bond donors (Lipinski definition) is 2. The fraction of sp³-hybridized carbons (Fsp3) is 0.611. The van der Waals surface area contributed by atoms with E-state index in [-0.39, 0.29) is 12.0 Å². The van der Waals surface area contributed by atoms with Crippen molar-refractivity contribution in [2.45, 2.75) is 64.5 Å². The summed E-state index contributed by atoms with van der Waals surface area (Å²) in [4.78, 5) is 12.0. The van der Waals surface area contributed by atoms with E-state index in [9.17, 15) is 4.79 Å². The predicted octanol–water partition coefficient (Wildman–Crippen LogP) is 3.72. The SMILES string of the molecule is CCC(C)Oc1ccc(NC(=O)CNC2CCCCC2)cc1. The summed E-state index contributed by atoms with van der Waals surface area (Å²) in [5, 5.41) is 6.27. The average Bonchev–Trinajstić information content (AvgIpc) is 2.55. The molecule has 0 spiro atoms. The van der Waals surface area contributed by atoms with Crippen molar-refractivity contribution in [1.29, 1.82) is 0 Å². The molecule has 0 bridgehead atoms. The fourth-order valence-corrected chi connectivity index (χ4v) is 2.68. The number of ether oxygens (including phenoxy) is 1. The van der Waals surface area contributed by atoms with Gasteiger partial charge >= 0.3 is 0 Å². The highest BCUT2D eigenvalue weighted by molar-refractivity contribution is 5.92. The highest BCUT2D eigenvalue weighted by atomic mass is 16.5. The summed E-state index contributed by atoms with van der Waals surface area (Å²) in [6.07, 6.45) is 7.44. The quantitative estimate of drug-likeness (QED) is 0.807. The Morgan fingerprint density at radius 3 is 2.55 bits per heavy atom. The van der Waals surface area contributed by atoms with E-state index in [2.05, 4.69) is 17.6 Å². The van der Waals surface area contributed by atoms with Crippen LogP contribution in [0.4, 0.5) is 5.69 Å². The number of carbonyl (C=O) groups excluding carboxylic acids is 1. The van der Waals surface area contributed by atoms with Gasteiger partial charge in [-0.1, -0.05) is 26.2 Å². The van der Waals surface area contributed by atoms with Crippen molar-refractivity contribution in [2.24, 2.45) is 0 Å². The topological polar surface area (TPSA) is 50.4 Å². The van der Waals surface area contributed by atoms with Gasteiger partial charge in [-0.25, -0.2) is 0 Å². The average molecular weight is 304 g/mol. The summed E-state index contributed by atoms with van der Waals surface area (Å²) in [5.74, 6) is 0.855. The summed E-state index contributed by atoms with van der Waals surface area (Å²) in [5.41, 5.74) is 0.812. The maximum Gasteiger partial charge on any atom is 0.238 e. The van der Waals surface area contributed by atoms with Crippen LogP contribution >= 0.6 is 0 Å². The molecule has 22 heavy (non-hydrogen) atoms. The van der Waals surface area contributed by atoms with Crippen LogP contribution in [-0.4, -0.2) is 24.6 Å². The van der Waals surface area contributed by atoms with Gasteiger partial charge in [-0.2, -0.15) is 0 Å². The molecule has 2 N–H and O–H groups in total. The number of amides is 1. The molecule has 1 atom stereocenters. The Morgan fingerprint density at radius 1 is 1.23 bits per heavy atom. The molecule has 2 rings (SSSR count). The van der Waals surface area contributed by atoms with Crippen LogP contribution < -0.4 is 15.4 Å². The molecule has 4 heteroatoms. The second-order valence-electron chi connectivity index (χ2n) is 6.13. The number of hydrogen-bond acceptors (Lipinski definition) is 3. The highest BCUT2D eigenvalue weighted by Crippen LogP contribution is 2.18. The molecule has 1 amide bonds. The monoisotopic (exact) mass is 304 g/mol. The van der Waals surface area contributed by atoms with Gasteiger partial charge in [0.15, 0.2) is 0 Å². The number of carbonyl (C=O) groups is 1. The van der Waals surface area contributed by atoms with Gasteiger partial charge in [-0.15, -0.1) is 0 Å². The zero-order valence-electron chi connectivity index (χ0n) is 13.7. The van der Waals surface area contributed by atoms with Crippen LogP contribution in [0.15, 0.2) is 24.3 Å². The van der Waals surface area contributed by atoms with Crippen LogP contribution in [-0.2, 0) is 4.79 Å². The van der Waals surface area contributed by atoms with Crippen LogP contribution in [0, 0.1) is 0 Å². The lowest BCUT2D eigenvalue weighted by atomic mass is 9.95. The number of anilines is 1. The summed E-state index contributed by atoms with van der Waals surface area (Å²) >= 11 is 0. The molecule has 1 fully saturated rings. The van der Waals surface area contributed by atoms with Crippen molar-refractivity contribution < 1.29 is 9.53 Å². The van der Waals surface area contributed by atoms with E-state index in [0.717, 1.165) is 17.9 Å². The largest absolute Gasteiger partial charge is 0.491 e. The van der Waals surface area contributed by atoms with E-state index in [4.69, 9.17) is 4.74 Å².